The maximum atomic E-state index is 12.6. The molecule has 0 amide bonds. The zero-order chi connectivity index (χ0) is 48.6. The third kappa shape index (κ3) is 8.90. The van der Waals surface area contributed by atoms with E-state index in [1.54, 1.807) is 0 Å². The quantitative estimate of drug-likeness (QED) is 0.0853. The van der Waals surface area contributed by atoms with Gasteiger partial charge in [0, 0.05) is 0 Å². The molecule has 18 heteroatoms. The van der Waals surface area contributed by atoms with Crippen LogP contribution in [0, 0.1) is 45.3 Å². The van der Waals surface area contributed by atoms with Crippen molar-refractivity contribution in [3.05, 3.63) is 11.6 Å². The minimum atomic E-state index is -1.69. The number of allylic oxidation sites excluding steroid dienone is 2. The van der Waals surface area contributed by atoms with Crippen LogP contribution in [0.1, 0.15) is 113 Å². The Morgan fingerprint density at radius 3 is 1.74 bits per heavy atom. The van der Waals surface area contributed by atoms with Crippen molar-refractivity contribution in [2.45, 2.75) is 223 Å². The van der Waals surface area contributed by atoms with Gasteiger partial charge in [-0.3, -0.25) is 0 Å². The smallest absolute Gasteiger partial charge is 0.187 e. The van der Waals surface area contributed by atoms with E-state index in [1.165, 1.54) is 0 Å². The first kappa shape index (κ1) is 52.8. The number of hydrogen-bond acceptors (Lipinski definition) is 18. The van der Waals surface area contributed by atoms with E-state index in [0.717, 1.165) is 37.7 Å². The third-order valence-corrected chi connectivity index (χ3v) is 18.8. The average molecular weight is 947 g/mol. The lowest BCUT2D eigenvalue weighted by atomic mass is 9.35. The predicted octanol–water partition coefficient (Wildman–Crippen LogP) is -0.0268. The standard InChI is InChI=1S/C48H82O18/c1-22(2)10-9-14-48(8,66-43-40(60)36(56)33(53)26(20-50)63-43)23-11-16-47(7)31(23)24(51)18-29-45(5)15-13-30(44(3,4)28(45)12-17-46(29,47)6)65-42-39(59)37(57)34(54)27(64-42)21-61-41-38(58)35(55)32(52)25(19-49)62-41/h10,23-43,49-60H,9,11-21H2,1-8H3/t23-,24-,25+,26+,27+,28-,29+,30-,31-,32+,33+,34+,35-,36-,37-,38+,39+,40+,41+,42-,43-,45-,46+,47+,48-/m0/s1. The van der Waals surface area contributed by atoms with Gasteiger partial charge in [-0.15, -0.1) is 0 Å². The first-order valence-corrected chi connectivity index (χ1v) is 24.4. The van der Waals surface area contributed by atoms with Gasteiger partial charge in [-0.2, -0.15) is 0 Å². The van der Waals surface area contributed by atoms with Crippen molar-refractivity contribution < 1.29 is 89.7 Å². The van der Waals surface area contributed by atoms with Crippen LogP contribution >= 0.6 is 0 Å². The Morgan fingerprint density at radius 1 is 0.621 bits per heavy atom. The summed E-state index contributed by atoms with van der Waals surface area (Å²) in [6, 6.07) is 0. The van der Waals surface area contributed by atoms with E-state index in [9.17, 15) is 61.3 Å². The van der Waals surface area contributed by atoms with E-state index in [0.29, 0.717) is 25.7 Å². The molecule has 0 spiro atoms. The summed E-state index contributed by atoms with van der Waals surface area (Å²) in [6.07, 6.45) is -14.8. The molecule has 4 aliphatic carbocycles. The van der Waals surface area contributed by atoms with Crippen molar-refractivity contribution >= 4 is 0 Å². The highest BCUT2D eigenvalue weighted by molar-refractivity contribution is 5.20. The molecule has 7 rings (SSSR count). The fourth-order valence-corrected chi connectivity index (χ4v) is 14.8. The van der Waals surface area contributed by atoms with Gasteiger partial charge in [0.1, 0.15) is 73.2 Å². The van der Waals surface area contributed by atoms with Gasteiger partial charge < -0.3 is 89.7 Å². The largest absolute Gasteiger partial charge is 0.394 e. The highest BCUT2D eigenvalue weighted by Gasteiger charge is 2.72. The lowest BCUT2D eigenvalue weighted by Gasteiger charge is -2.71. The fraction of sp³-hybridized carbons (Fsp3) is 0.958. The molecule has 7 fully saturated rings. The first-order chi connectivity index (χ1) is 30.8. The Labute approximate surface area is 388 Å². The molecule has 0 unspecified atom stereocenters. The summed E-state index contributed by atoms with van der Waals surface area (Å²) in [5.41, 5.74) is -1.000. The van der Waals surface area contributed by atoms with Crippen LogP contribution in [0.2, 0.25) is 0 Å². The van der Waals surface area contributed by atoms with Crippen LogP contribution in [0.4, 0.5) is 0 Å². The molecule has 0 radical (unpaired) electrons. The summed E-state index contributed by atoms with van der Waals surface area (Å²) in [7, 11) is 0. The Bertz CT molecular complexity index is 1680. The lowest BCUT2D eigenvalue weighted by molar-refractivity contribution is -0.347. The third-order valence-electron chi connectivity index (χ3n) is 18.8. The van der Waals surface area contributed by atoms with Gasteiger partial charge in [-0.05, 0) is 124 Å². The fourth-order valence-electron chi connectivity index (χ4n) is 14.8. The van der Waals surface area contributed by atoms with Gasteiger partial charge in [0.05, 0.1) is 37.6 Å². The molecule has 25 atom stereocenters. The summed E-state index contributed by atoms with van der Waals surface area (Å²) in [4.78, 5) is 0. The molecule has 4 saturated carbocycles. The van der Waals surface area contributed by atoms with E-state index in [4.69, 9.17) is 28.4 Å². The molecule has 0 aromatic heterocycles. The molecule has 18 nitrogen and oxygen atoms in total. The van der Waals surface area contributed by atoms with Crippen molar-refractivity contribution in [1.29, 1.82) is 0 Å². The zero-order valence-corrected chi connectivity index (χ0v) is 40.0. The normalized spacial score (nSPS) is 52.4. The minimum absolute atomic E-state index is 0.122. The number of aliphatic hydroxyl groups is 12. The van der Waals surface area contributed by atoms with E-state index in [2.05, 4.69) is 40.7 Å². The van der Waals surface area contributed by atoms with Gasteiger partial charge in [-0.25, -0.2) is 0 Å². The Morgan fingerprint density at radius 2 is 1.15 bits per heavy atom. The van der Waals surface area contributed by atoms with Crippen LogP contribution in [0.5, 0.6) is 0 Å². The lowest BCUT2D eigenvalue weighted by Crippen LogP contribution is -2.67. The summed E-state index contributed by atoms with van der Waals surface area (Å²) in [6.45, 7) is 15.8. The Hall–Kier alpha value is -0.980. The van der Waals surface area contributed by atoms with Crippen molar-refractivity contribution in [2.24, 2.45) is 45.3 Å². The van der Waals surface area contributed by atoms with Crippen molar-refractivity contribution in [2.75, 3.05) is 19.8 Å². The van der Waals surface area contributed by atoms with Crippen LogP contribution in [0.25, 0.3) is 0 Å². The Balaban J connectivity index is 1.08. The van der Waals surface area contributed by atoms with Crippen LogP contribution in [-0.2, 0) is 28.4 Å². The molecule has 7 aliphatic rings. The molecule has 0 aromatic rings. The summed E-state index contributed by atoms with van der Waals surface area (Å²) in [5, 5.41) is 128. The van der Waals surface area contributed by atoms with Crippen LogP contribution < -0.4 is 0 Å². The molecule has 3 aliphatic heterocycles. The van der Waals surface area contributed by atoms with Gasteiger partial charge in [-0.1, -0.05) is 46.3 Å². The number of hydrogen-bond donors (Lipinski definition) is 12. The van der Waals surface area contributed by atoms with Crippen LogP contribution in [0.15, 0.2) is 11.6 Å². The predicted molar refractivity (Wildman–Crippen MR) is 234 cm³/mol. The number of ether oxygens (including phenoxy) is 6. The van der Waals surface area contributed by atoms with Crippen molar-refractivity contribution in [3.63, 3.8) is 0 Å². The molecule has 12 N–H and O–H groups in total. The van der Waals surface area contributed by atoms with Crippen LogP contribution in [0.3, 0.4) is 0 Å². The first-order valence-electron chi connectivity index (χ1n) is 24.4. The second-order valence-electron chi connectivity index (χ2n) is 22.9. The number of aliphatic hydroxyl groups excluding tert-OH is 12. The summed E-state index contributed by atoms with van der Waals surface area (Å²) < 4.78 is 36.5. The van der Waals surface area contributed by atoms with Gasteiger partial charge in [0.15, 0.2) is 18.9 Å². The second-order valence-corrected chi connectivity index (χ2v) is 22.9. The molecule has 3 saturated heterocycles. The van der Waals surface area contributed by atoms with Gasteiger partial charge in [0.2, 0.25) is 0 Å². The molecule has 0 bridgehead atoms. The maximum absolute atomic E-state index is 12.6. The molecular weight excluding hydrogens is 865 g/mol. The highest BCUT2D eigenvalue weighted by atomic mass is 16.7. The molecular formula is C48H82O18. The topological polar surface area (TPSA) is 298 Å². The zero-order valence-electron chi connectivity index (χ0n) is 40.0. The van der Waals surface area contributed by atoms with E-state index in [-0.39, 0.29) is 39.9 Å². The highest BCUT2D eigenvalue weighted by Crippen LogP contribution is 2.76. The molecule has 0 aromatic carbocycles. The minimum Gasteiger partial charge on any atom is -0.394 e. The molecule has 382 valence electrons. The van der Waals surface area contributed by atoms with Gasteiger partial charge in [0.25, 0.3) is 0 Å². The van der Waals surface area contributed by atoms with E-state index >= 15 is 0 Å². The van der Waals surface area contributed by atoms with Gasteiger partial charge >= 0.3 is 0 Å². The van der Waals surface area contributed by atoms with E-state index < -0.39 is 135 Å². The number of rotatable bonds is 13. The van der Waals surface area contributed by atoms with Crippen LogP contribution in [-0.4, -0.2) is 191 Å². The molecule has 3 heterocycles. The molecule has 66 heavy (non-hydrogen) atoms. The average Bonchev–Trinajstić information content (AvgIpc) is 3.65. The Kier molecular flexibility index (Phi) is 15.7. The second kappa shape index (κ2) is 19.6. The summed E-state index contributed by atoms with van der Waals surface area (Å²) >= 11 is 0. The SMILES string of the molecule is CC(C)=CCC[C@](C)(O[C@@H]1O[C@H](CO)[C@@H](O)[C@H](O)[C@H]1O)[C@H]1CC[C@]2(C)[C@@H]1[C@@H](O)C[C@@H]1[C@@]3(C)CC[C@H](O[C@@H]4O[C@H](CO[C@@H]5O[C@H](CO)[C@@H](O)[C@H](O)[C@H]5O)[C@@H](O)[C@H](O)[C@H]4O)C(C)(C)[C@@H]3CC[C@]12C. The van der Waals surface area contributed by atoms with Crippen molar-refractivity contribution in [3.8, 4) is 0 Å². The summed E-state index contributed by atoms with van der Waals surface area (Å²) in [5.74, 6) is -0.0736. The maximum Gasteiger partial charge on any atom is 0.187 e. The van der Waals surface area contributed by atoms with E-state index in [1.807, 2.05) is 20.8 Å². The number of fused-ring (bicyclic) bond motifs is 5. The monoisotopic (exact) mass is 947 g/mol. The van der Waals surface area contributed by atoms with Crippen molar-refractivity contribution in [1.82, 2.24) is 0 Å².